The minimum atomic E-state index is -0.247. The van der Waals surface area contributed by atoms with Gasteiger partial charge in [-0.2, -0.15) is 0 Å². The van der Waals surface area contributed by atoms with Crippen molar-refractivity contribution in [2.75, 3.05) is 5.32 Å². The van der Waals surface area contributed by atoms with Gasteiger partial charge in [0.2, 0.25) is 11.8 Å². The van der Waals surface area contributed by atoms with Gasteiger partial charge in [-0.05, 0) is 23.6 Å². The second-order valence-electron chi connectivity index (χ2n) is 7.78. The smallest absolute Gasteiger partial charge is 0.257 e. The van der Waals surface area contributed by atoms with Crippen LogP contribution in [0.1, 0.15) is 53.4 Å². The van der Waals surface area contributed by atoms with Crippen molar-refractivity contribution in [3.8, 4) is 11.3 Å². The first-order chi connectivity index (χ1) is 14.9. The van der Waals surface area contributed by atoms with E-state index in [4.69, 9.17) is 0 Å². The fourth-order valence-corrected chi connectivity index (χ4v) is 4.48. The molecule has 2 aromatic carbocycles. The standard InChI is InChI=1S/C24H23N3O3S/c1-15(2)22-21(17-6-4-3-5-7-17)25-24(31-22)26-23(30)18-10-8-16(9-11-18)14-27-19(28)12-13-20(27)29/h3-11,15H,12-14H2,1-2H3,(H,25,26,30). The molecule has 0 saturated carbocycles. The maximum absolute atomic E-state index is 12.7. The lowest BCUT2D eigenvalue weighted by Gasteiger charge is -2.13. The lowest BCUT2D eigenvalue weighted by molar-refractivity contribution is -0.139. The number of carbonyl (C=O) groups is 3. The largest absolute Gasteiger partial charge is 0.298 e. The molecular formula is C24H23N3O3S. The molecule has 3 aromatic rings. The fraction of sp³-hybridized carbons (Fsp3) is 0.250. The molecule has 0 bridgehead atoms. The van der Waals surface area contributed by atoms with Crippen molar-refractivity contribution in [1.82, 2.24) is 9.88 Å². The topological polar surface area (TPSA) is 79.4 Å². The average molecular weight is 434 g/mol. The van der Waals surface area contributed by atoms with E-state index in [1.54, 1.807) is 24.3 Å². The van der Waals surface area contributed by atoms with E-state index in [1.807, 2.05) is 30.3 Å². The second kappa shape index (κ2) is 8.81. The molecule has 0 unspecified atom stereocenters. The number of anilines is 1. The molecular weight excluding hydrogens is 410 g/mol. The maximum atomic E-state index is 12.7. The van der Waals surface area contributed by atoms with Crippen LogP contribution >= 0.6 is 11.3 Å². The van der Waals surface area contributed by atoms with Crippen LogP contribution in [-0.2, 0) is 16.1 Å². The number of nitrogens with one attached hydrogen (secondary N) is 1. The van der Waals surface area contributed by atoms with Crippen LogP contribution < -0.4 is 5.32 Å². The van der Waals surface area contributed by atoms with Crippen molar-refractivity contribution in [2.24, 2.45) is 0 Å². The summed E-state index contributed by atoms with van der Waals surface area (Å²) in [6.45, 7) is 4.46. The third-order valence-corrected chi connectivity index (χ3v) is 6.43. The Balaban J connectivity index is 1.48. The Kier molecular flexibility index (Phi) is 5.95. The molecule has 158 valence electrons. The molecule has 1 aliphatic heterocycles. The van der Waals surface area contributed by atoms with Gasteiger partial charge in [0.15, 0.2) is 5.13 Å². The van der Waals surface area contributed by atoms with Gasteiger partial charge < -0.3 is 0 Å². The molecule has 0 spiro atoms. The summed E-state index contributed by atoms with van der Waals surface area (Å²) in [4.78, 5) is 43.4. The quantitative estimate of drug-likeness (QED) is 0.565. The number of nitrogens with zero attached hydrogens (tertiary/aromatic N) is 2. The minimum absolute atomic E-state index is 0.147. The molecule has 1 saturated heterocycles. The van der Waals surface area contributed by atoms with Crippen molar-refractivity contribution >= 4 is 34.2 Å². The molecule has 0 aliphatic carbocycles. The Morgan fingerprint density at radius 1 is 1.03 bits per heavy atom. The number of imide groups is 1. The molecule has 4 rings (SSSR count). The first kappa shape index (κ1) is 20.9. The number of carbonyl (C=O) groups excluding carboxylic acids is 3. The van der Waals surface area contributed by atoms with Gasteiger partial charge >= 0.3 is 0 Å². The van der Waals surface area contributed by atoms with E-state index in [2.05, 4.69) is 24.1 Å². The Morgan fingerprint density at radius 3 is 2.29 bits per heavy atom. The van der Waals surface area contributed by atoms with Crippen LogP contribution in [0.2, 0.25) is 0 Å². The Labute approximate surface area is 184 Å². The lowest BCUT2D eigenvalue weighted by Crippen LogP contribution is -2.28. The number of likely N-dealkylation sites (tertiary alicyclic amines) is 1. The Hall–Kier alpha value is -3.32. The lowest BCUT2D eigenvalue weighted by atomic mass is 10.1. The molecule has 31 heavy (non-hydrogen) atoms. The minimum Gasteiger partial charge on any atom is -0.298 e. The van der Waals surface area contributed by atoms with E-state index in [1.165, 1.54) is 16.2 Å². The Bertz CT molecular complexity index is 1100. The molecule has 1 aromatic heterocycles. The van der Waals surface area contributed by atoms with Crippen molar-refractivity contribution in [1.29, 1.82) is 0 Å². The van der Waals surface area contributed by atoms with Crippen molar-refractivity contribution in [3.05, 3.63) is 70.6 Å². The highest BCUT2D eigenvalue weighted by Gasteiger charge is 2.28. The van der Waals surface area contributed by atoms with Gasteiger partial charge in [0, 0.05) is 28.8 Å². The highest BCUT2D eigenvalue weighted by Crippen LogP contribution is 2.36. The molecule has 2 heterocycles. The summed E-state index contributed by atoms with van der Waals surface area (Å²) in [6, 6.07) is 16.9. The molecule has 0 atom stereocenters. The summed E-state index contributed by atoms with van der Waals surface area (Å²) >= 11 is 1.49. The van der Waals surface area contributed by atoms with Crippen LogP contribution in [0.3, 0.4) is 0 Å². The van der Waals surface area contributed by atoms with Gasteiger partial charge in [-0.25, -0.2) is 4.98 Å². The van der Waals surface area contributed by atoms with E-state index in [0.717, 1.165) is 21.7 Å². The van der Waals surface area contributed by atoms with Gasteiger partial charge in [-0.15, -0.1) is 11.3 Å². The predicted molar refractivity (Wildman–Crippen MR) is 121 cm³/mol. The summed E-state index contributed by atoms with van der Waals surface area (Å²) in [5.41, 5.74) is 3.22. The van der Waals surface area contributed by atoms with Crippen molar-refractivity contribution in [2.45, 2.75) is 39.2 Å². The normalized spacial score (nSPS) is 13.8. The fourth-order valence-electron chi connectivity index (χ4n) is 3.49. The van der Waals surface area contributed by atoms with Crippen molar-refractivity contribution < 1.29 is 14.4 Å². The SMILES string of the molecule is CC(C)c1sc(NC(=O)c2ccc(CN3C(=O)CCC3=O)cc2)nc1-c1ccccc1. The van der Waals surface area contributed by atoms with Gasteiger partial charge in [0.1, 0.15) is 0 Å². The van der Waals surface area contributed by atoms with Crippen LogP contribution in [-0.4, -0.2) is 27.6 Å². The molecule has 6 nitrogen and oxygen atoms in total. The van der Waals surface area contributed by atoms with E-state index < -0.39 is 0 Å². The number of hydrogen-bond acceptors (Lipinski definition) is 5. The van der Waals surface area contributed by atoms with Crippen molar-refractivity contribution in [3.63, 3.8) is 0 Å². The molecule has 3 amide bonds. The highest BCUT2D eigenvalue weighted by molar-refractivity contribution is 7.16. The van der Waals surface area contributed by atoms with Crippen LogP contribution in [0.15, 0.2) is 54.6 Å². The number of thiazole rings is 1. The highest BCUT2D eigenvalue weighted by atomic mass is 32.1. The summed E-state index contributed by atoms with van der Waals surface area (Å²) < 4.78 is 0. The summed E-state index contributed by atoms with van der Waals surface area (Å²) in [7, 11) is 0. The summed E-state index contributed by atoms with van der Waals surface area (Å²) in [5, 5.41) is 3.46. The zero-order valence-corrected chi connectivity index (χ0v) is 18.2. The third kappa shape index (κ3) is 4.56. The Morgan fingerprint density at radius 2 is 1.68 bits per heavy atom. The van der Waals surface area contributed by atoms with Gasteiger partial charge in [-0.3, -0.25) is 24.6 Å². The third-order valence-electron chi connectivity index (χ3n) is 5.16. The van der Waals surface area contributed by atoms with Gasteiger partial charge in [0.05, 0.1) is 12.2 Å². The first-order valence-corrected chi connectivity index (χ1v) is 11.0. The van der Waals surface area contributed by atoms with E-state index in [9.17, 15) is 14.4 Å². The first-order valence-electron chi connectivity index (χ1n) is 10.2. The average Bonchev–Trinajstić information content (AvgIpc) is 3.33. The van der Waals surface area contributed by atoms with E-state index >= 15 is 0 Å². The van der Waals surface area contributed by atoms with Crippen LogP contribution in [0.5, 0.6) is 0 Å². The molecule has 1 fully saturated rings. The van der Waals surface area contributed by atoms with Gasteiger partial charge in [-0.1, -0.05) is 56.3 Å². The maximum Gasteiger partial charge on any atom is 0.257 e. The number of amides is 3. The van der Waals surface area contributed by atoms with Crippen LogP contribution in [0.4, 0.5) is 5.13 Å². The van der Waals surface area contributed by atoms with E-state index in [0.29, 0.717) is 10.7 Å². The number of rotatable bonds is 6. The number of aromatic nitrogens is 1. The van der Waals surface area contributed by atoms with E-state index in [-0.39, 0.29) is 43.0 Å². The zero-order chi connectivity index (χ0) is 22.0. The van der Waals surface area contributed by atoms with Gasteiger partial charge in [0.25, 0.3) is 5.91 Å². The molecule has 0 radical (unpaired) electrons. The molecule has 7 heteroatoms. The number of benzene rings is 2. The molecule has 1 N–H and O–H groups in total. The summed E-state index contributed by atoms with van der Waals surface area (Å²) in [6.07, 6.45) is 0.549. The monoisotopic (exact) mass is 433 g/mol. The zero-order valence-electron chi connectivity index (χ0n) is 17.4. The number of hydrogen-bond donors (Lipinski definition) is 1. The second-order valence-corrected chi connectivity index (χ2v) is 8.81. The molecule has 1 aliphatic rings. The van der Waals surface area contributed by atoms with Crippen LogP contribution in [0.25, 0.3) is 11.3 Å². The van der Waals surface area contributed by atoms with Crippen LogP contribution in [0, 0.1) is 0 Å². The summed E-state index contributed by atoms with van der Waals surface area (Å²) in [5.74, 6) is -0.256. The predicted octanol–water partition coefficient (Wildman–Crippen LogP) is 4.83.